The molecule has 6 nitrogen and oxygen atoms in total. The summed E-state index contributed by atoms with van der Waals surface area (Å²) in [5.41, 5.74) is 1.79. The van der Waals surface area contributed by atoms with E-state index in [1.807, 2.05) is 42.5 Å². The zero-order chi connectivity index (χ0) is 18.6. The number of carbonyl (C=O) groups is 2. The molecule has 1 aliphatic heterocycles. The number of hydrogen-bond donors (Lipinski definition) is 1. The Morgan fingerprint density at radius 1 is 1.22 bits per heavy atom. The maximum Gasteiger partial charge on any atom is 0.225 e. The Morgan fingerprint density at radius 3 is 2.89 bits per heavy atom. The number of carbonyl (C=O) groups excluding carboxylic acids is 2. The van der Waals surface area contributed by atoms with Crippen molar-refractivity contribution in [2.24, 2.45) is 5.92 Å². The lowest BCUT2D eigenvalue weighted by Gasteiger charge is -2.31. The molecule has 7 heteroatoms. The first kappa shape index (κ1) is 17.6. The van der Waals surface area contributed by atoms with Crippen LogP contribution in [0.3, 0.4) is 0 Å². The summed E-state index contributed by atoms with van der Waals surface area (Å²) in [4.78, 5) is 35.4. The summed E-state index contributed by atoms with van der Waals surface area (Å²) in [5.74, 6) is -0.135. The summed E-state index contributed by atoms with van der Waals surface area (Å²) < 4.78 is 1.12. The number of likely N-dealkylation sites (tertiary alicyclic amines) is 1. The number of para-hydroxylation sites is 1. The van der Waals surface area contributed by atoms with Crippen LogP contribution < -0.4 is 5.32 Å². The number of pyridine rings is 1. The van der Waals surface area contributed by atoms with Crippen molar-refractivity contribution in [3.05, 3.63) is 59.4 Å². The van der Waals surface area contributed by atoms with Crippen LogP contribution >= 0.6 is 11.3 Å². The molecule has 3 heterocycles. The first-order valence-corrected chi connectivity index (χ1v) is 9.80. The molecule has 0 radical (unpaired) electrons. The monoisotopic (exact) mass is 380 g/mol. The molecular formula is C20H20N4O2S. The number of rotatable bonds is 5. The normalized spacial score (nSPS) is 17.3. The Labute approximate surface area is 161 Å². The third-order valence-electron chi connectivity index (χ3n) is 4.70. The van der Waals surface area contributed by atoms with Crippen LogP contribution in [-0.2, 0) is 22.7 Å². The molecule has 1 fully saturated rings. The van der Waals surface area contributed by atoms with Gasteiger partial charge in [-0.2, -0.15) is 0 Å². The molecule has 1 aliphatic rings. The van der Waals surface area contributed by atoms with E-state index in [4.69, 9.17) is 0 Å². The van der Waals surface area contributed by atoms with Gasteiger partial charge in [0.05, 0.1) is 34.9 Å². The van der Waals surface area contributed by atoms with Gasteiger partial charge in [0.2, 0.25) is 11.8 Å². The molecular weight excluding hydrogens is 360 g/mol. The van der Waals surface area contributed by atoms with Crippen LogP contribution in [0.5, 0.6) is 0 Å². The average Bonchev–Trinajstić information content (AvgIpc) is 3.11. The minimum Gasteiger partial charge on any atom is -0.349 e. The summed E-state index contributed by atoms with van der Waals surface area (Å²) in [6, 6.07) is 13.6. The molecule has 4 rings (SSSR count). The molecule has 1 aromatic carbocycles. The Kier molecular flexibility index (Phi) is 5.11. The lowest BCUT2D eigenvalue weighted by atomic mass is 9.96. The fourth-order valence-electron chi connectivity index (χ4n) is 3.27. The van der Waals surface area contributed by atoms with Crippen molar-refractivity contribution in [3.8, 4) is 0 Å². The third-order valence-corrected chi connectivity index (χ3v) is 5.74. The zero-order valence-electron chi connectivity index (χ0n) is 14.8. The molecule has 0 saturated carbocycles. The number of benzene rings is 1. The lowest BCUT2D eigenvalue weighted by Crippen LogP contribution is -2.45. The standard InChI is InChI=1S/C20H20N4O2S/c25-19-9-8-14(12-24(19)13-15-5-3-4-10-21-15)20(26)22-11-18-23-16-6-1-2-7-17(16)27-18/h1-7,10,14H,8-9,11-13H2,(H,22,26)/t14-/m0/s1. The van der Waals surface area contributed by atoms with Gasteiger partial charge in [-0.05, 0) is 30.7 Å². The smallest absolute Gasteiger partial charge is 0.225 e. The lowest BCUT2D eigenvalue weighted by molar-refractivity contribution is -0.139. The summed E-state index contributed by atoms with van der Waals surface area (Å²) in [5, 5.41) is 3.87. The Balaban J connectivity index is 1.35. The zero-order valence-corrected chi connectivity index (χ0v) is 15.6. The highest BCUT2D eigenvalue weighted by Gasteiger charge is 2.30. The largest absolute Gasteiger partial charge is 0.349 e. The van der Waals surface area contributed by atoms with Gasteiger partial charge in [-0.1, -0.05) is 18.2 Å². The molecule has 1 atom stereocenters. The fraction of sp³-hybridized carbons (Fsp3) is 0.300. The highest BCUT2D eigenvalue weighted by molar-refractivity contribution is 7.18. The molecule has 0 aliphatic carbocycles. The number of amides is 2. The van der Waals surface area contributed by atoms with Gasteiger partial charge < -0.3 is 10.2 Å². The minimum absolute atomic E-state index is 0.0206. The van der Waals surface area contributed by atoms with E-state index in [0.29, 0.717) is 32.5 Å². The number of fused-ring (bicyclic) bond motifs is 1. The van der Waals surface area contributed by atoms with E-state index in [1.165, 1.54) is 0 Å². The van der Waals surface area contributed by atoms with E-state index in [2.05, 4.69) is 15.3 Å². The minimum atomic E-state index is -0.194. The molecule has 3 aromatic rings. The number of nitrogens with zero attached hydrogens (tertiary/aromatic N) is 3. The summed E-state index contributed by atoms with van der Waals surface area (Å²) in [6.07, 6.45) is 2.70. The molecule has 1 saturated heterocycles. The highest BCUT2D eigenvalue weighted by Crippen LogP contribution is 2.22. The Bertz CT molecular complexity index is 924. The van der Waals surface area contributed by atoms with Gasteiger partial charge in [0.25, 0.3) is 0 Å². The van der Waals surface area contributed by atoms with E-state index >= 15 is 0 Å². The van der Waals surface area contributed by atoms with E-state index in [-0.39, 0.29) is 17.7 Å². The summed E-state index contributed by atoms with van der Waals surface area (Å²) in [6.45, 7) is 1.30. The van der Waals surface area contributed by atoms with Crippen molar-refractivity contribution in [1.82, 2.24) is 20.2 Å². The summed E-state index contributed by atoms with van der Waals surface area (Å²) in [7, 11) is 0. The first-order chi connectivity index (χ1) is 13.2. The molecule has 0 bridgehead atoms. The SMILES string of the molecule is O=C(NCc1nc2ccccc2s1)[C@H]1CCC(=O)N(Cc2ccccn2)C1. The van der Waals surface area contributed by atoms with Gasteiger partial charge >= 0.3 is 0 Å². The van der Waals surface area contributed by atoms with Gasteiger partial charge in [-0.25, -0.2) is 4.98 Å². The summed E-state index contributed by atoms with van der Waals surface area (Å²) >= 11 is 1.59. The number of aromatic nitrogens is 2. The molecule has 0 spiro atoms. The third kappa shape index (κ3) is 4.14. The van der Waals surface area contributed by atoms with E-state index in [9.17, 15) is 9.59 Å². The molecule has 2 amide bonds. The Morgan fingerprint density at radius 2 is 2.07 bits per heavy atom. The second-order valence-electron chi connectivity index (χ2n) is 6.62. The second kappa shape index (κ2) is 7.84. The quantitative estimate of drug-likeness (QED) is 0.739. The van der Waals surface area contributed by atoms with Crippen LogP contribution in [0.2, 0.25) is 0 Å². The van der Waals surface area contributed by atoms with E-state index < -0.39 is 0 Å². The molecule has 138 valence electrons. The topological polar surface area (TPSA) is 75.2 Å². The van der Waals surface area contributed by atoms with Crippen molar-refractivity contribution >= 4 is 33.4 Å². The molecule has 0 unspecified atom stereocenters. The highest BCUT2D eigenvalue weighted by atomic mass is 32.1. The van der Waals surface area contributed by atoms with Crippen molar-refractivity contribution in [1.29, 1.82) is 0 Å². The molecule has 27 heavy (non-hydrogen) atoms. The predicted molar refractivity (Wildman–Crippen MR) is 104 cm³/mol. The van der Waals surface area contributed by atoms with Crippen molar-refractivity contribution in [3.63, 3.8) is 0 Å². The first-order valence-electron chi connectivity index (χ1n) is 8.99. The van der Waals surface area contributed by atoms with Gasteiger partial charge in [-0.15, -0.1) is 11.3 Å². The van der Waals surface area contributed by atoms with Crippen molar-refractivity contribution < 1.29 is 9.59 Å². The van der Waals surface area contributed by atoms with Gasteiger partial charge in [0, 0.05) is 19.2 Å². The predicted octanol–water partition coefficient (Wildman–Crippen LogP) is 2.75. The number of piperidine rings is 1. The number of thiazole rings is 1. The maximum atomic E-state index is 12.6. The van der Waals surface area contributed by atoms with Crippen molar-refractivity contribution in [2.75, 3.05) is 6.54 Å². The molecule has 2 aromatic heterocycles. The van der Waals surface area contributed by atoms with Crippen LogP contribution in [0.25, 0.3) is 10.2 Å². The van der Waals surface area contributed by atoms with E-state index in [0.717, 1.165) is 20.9 Å². The maximum absolute atomic E-state index is 12.6. The Hall–Kier alpha value is -2.80. The van der Waals surface area contributed by atoms with Gasteiger partial charge in [0.15, 0.2) is 0 Å². The van der Waals surface area contributed by atoms with Gasteiger partial charge in [0.1, 0.15) is 5.01 Å². The van der Waals surface area contributed by atoms with Crippen LogP contribution in [0.1, 0.15) is 23.5 Å². The van der Waals surface area contributed by atoms with Crippen LogP contribution in [0.15, 0.2) is 48.7 Å². The van der Waals surface area contributed by atoms with Crippen LogP contribution in [0, 0.1) is 5.92 Å². The second-order valence-corrected chi connectivity index (χ2v) is 7.74. The van der Waals surface area contributed by atoms with Gasteiger partial charge in [-0.3, -0.25) is 14.6 Å². The average molecular weight is 380 g/mol. The van der Waals surface area contributed by atoms with Crippen LogP contribution in [-0.4, -0.2) is 33.2 Å². The molecule has 1 N–H and O–H groups in total. The van der Waals surface area contributed by atoms with Crippen molar-refractivity contribution in [2.45, 2.75) is 25.9 Å². The fourth-order valence-corrected chi connectivity index (χ4v) is 4.18. The number of nitrogens with one attached hydrogen (secondary N) is 1. The van der Waals surface area contributed by atoms with Crippen LogP contribution in [0.4, 0.5) is 0 Å². The number of hydrogen-bond acceptors (Lipinski definition) is 5. The van der Waals surface area contributed by atoms with E-state index in [1.54, 1.807) is 22.4 Å².